The van der Waals surface area contributed by atoms with E-state index in [0.29, 0.717) is 16.6 Å². The minimum Gasteiger partial charge on any atom is -0.505 e. The Balaban J connectivity index is 1.86. The highest BCUT2D eigenvalue weighted by molar-refractivity contribution is 5.85. The second-order valence-corrected chi connectivity index (χ2v) is 5.99. The molecule has 0 radical (unpaired) electrons. The lowest BCUT2D eigenvalue weighted by atomic mass is 9.96. The smallest absolute Gasteiger partial charge is 0.272 e. The summed E-state index contributed by atoms with van der Waals surface area (Å²) in [6.45, 7) is 0. The quantitative estimate of drug-likeness (QED) is 0.585. The molecule has 5 heteroatoms. The molecule has 2 heterocycles. The van der Waals surface area contributed by atoms with Crippen LogP contribution in [-0.2, 0) is 0 Å². The van der Waals surface area contributed by atoms with Gasteiger partial charge in [0, 0.05) is 28.8 Å². The molecule has 0 saturated carbocycles. The van der Waals surface area contributed by atoms with Gasteiger partial charge in [-0.05, 0) is 30.3 Å². The molecule has 0 aliphatic rings. The first kappa shape index (κ1) is 16.0. The van der Waals surface area contributed by atoms with Gasteiger partial charge >= 0.3 is 0 Å². The van der Waals surface area contributed by atoms with Crippen LogP contribution in [0.2, 0.25) is 0 Å². The van der Waals surface area contributed by atoms with Crippen molar-refractivity contribution in [2.24, 2.45) is 0 Å². The maximum Gasteiger partial charge on any atom is 0.272 e. The van der Waals surface area contributed by atoms with Crippen LogP contribution < -0.4 is 10.3 Å². The number of hydrogen-bond donors (Lipinski definition) is 2. The van der Waals surface area contributed by atoms with Gasteiger partial charge in [-0.15, -0.1) is 0 Å². The van der Waals surface area contributed by atoms with Crippen LogP contribution >= 0.6 is 0 Å². The maximum atomic E-state index is 13.8. The molecule has 4 rings (SSSR count). The monoisotopic (exact) mass is 346 g/mol. The van der Waals surface area contributed by atoms with Crippen LogP contribution in [0, 0.1) is 5.82 Å². The third-order valence-corrected chi connectivity index (χ3v) is 4.28. The van der Waals surface area contributed by atoms with Crippen LogP contribution in [0.25, 0.3) is 10.9 Å². The number of nitrogens with one attached hydrogen (secondary N) is 2. The number of H-pyrrole nitrogens is 1. The fraction of sp³-hybridized carbons (Fsp3) is 0.0476. The number of fused-ring (bicyclic) bond motifs is 1. The number of nitrogens with zero attached hydrogens (tertiary/aromatic N) is 1. The number of anilines is 1. The summed E-state index contributed by atoms with van der Waals surface area (Å²) in [5.74, 6) is 0.507. The van der Waals surface area contributed by atoms with E-state index in [1.807, 2.05) is 48.5 Å². The van der Waals surface area contributed by atoms with E-state index in [9.17, 15) is 9.50 Å². The zero-order valence-corrected chi connectivity index (χ0v) is 13.9. The number of phenols is 1. The summed E-state index contributed by atoms with van der Waals surface area (Å²) in [6.07, 6.45) is 3.44. The molecule has 26 heavy (non-hydrogen) atoms. The molecule has 0 bridgehead atoms. The first-order chi connectivity index (χ1) is 12.7. The maximum absolute atomic E-state index is 13.8. The van der Waals surface area contributed by atoms with E-state index >= 15 is 0 Å². The van der Waals surface area contributed by atoms with Gasteiger partial charge in [-0.25, -0.2) is 9.37 Å². The fourth-order valence-electron chi connectivity index (χ4n) is 3.04. The van der Waals surface area contributed by atoms with Gasteiger partial charge in [-0.2, -0.15) is 0 Å². The van der Waals surface area contributed by atoms with Crippen molar-refractivity contribution in [1.29, 1.82) is 0 Å². The molecule has 2 aromatic carbocycles. The molecule has 4 nitrogen and oxygen atoms in total. The summed E-state index contributed by atoms with van der Waals surface area (Å²) < 4.78 is 13.8. The van der Waals surface area contributed by atoms with Gasteiger partial charge in [0.25, 0.3) is 5.82 Å². The largest absolute Gasteiger partial charge is 0.505 e. The minimum absolute atomic E-state index is 0.0841. The van der Waals surface area contributed by atoms with Crippen molar-refractivity contribution in [3.63, 3.8) is 0 Å². The molecule has 128 valence electrons. The minimum atomic E-state index is -0.448. The lowest BCUT2D eigenvalue weighted by Gasteiger charge is -2.17. The summed E-state index contributed by atoms with van der Waals surface area (Å²) in [6, 6.07) is 19.0. The Bertz CT molecular complexity index is 1050. The second-order valence-electron chi connectivity index (χ2n) is 5.99. The zero-order chi connectivity index (χ0) is 17.9. The Labute approximate surface area is 150 Å². The topological polar surface area (TPSA) is 59.3 Å². The first-order valence-electron chi connectivity index (χ1n) is 8.28. The van der Waals surface area contributed by atoms with Crippen molar-refractivity contribution < 1.29 is 14.5 Å². The fourth-order valence-corrected chi connectivity index (χ4v) is 3.04. The van der Waals surface area contributed by atoms with E-state index in [-0.39, 0.29) is 11.6 Å². The summed E-state index contributed by atoms with van der Waals surface area (Å²) >= 11 is 0. The van der Waals surface area contributed by atoms with Crippen LogP contribution in [0.1, 0.15) is 17.2 Å². The standard InChI is InChI=1S/C21H16FN3O/c22-16-7-3-5-15(13-16)19(25-18-8-1-2-11-23-18)17-10-9-14-6-4-12-24-20(14)21(17)26/h1-13,19,26H,(H,23,25)/p+1/t19-/m0/s1. The molecule has 0 amide bonds. The number of aromatic amines is 1. The van der Waals surface area contributed by atoms with E-state index in [1.165, 1.54) is 12.1 Å². The number of rotatable bonds is 4. The molecule has 2 aromatic heterocycles. The molecule has 0 fully saturated rings. The molecule has 1 atom stereocenters. The van der Waals surface area contributed by atoms with Gasteiger partial charge < -0.3 is 5.11 Å². The van der Waals surface area contributed by atoms with Crippen molar-refractivity contribution >= 4 is 16.7 Å². The summed E-state index contributed by atoms with van der Waals surface area (Å²) in [7, 11) is 0. The third kappa shape index (κ3) is 3.07. The number of aromatic hydroxyl groups is 1. The van der Waals surface area contributed by atoms with Gasteiger partial charge in [-0.1, -0.05) is 30.3 Å². The van der Waals surface area contributed by atoms with Crippen molar-refractivity contribution in [1.82, 2.24) is 4.98 Å². The van der Waals surface area contributed by atoms with E-state index in [0.717, 1.165) is 11.2 Å². The van der Waals surface area contributed by atoms with Crippen molar-refractivity contribution in [3.05, 3.63) is 96.1 Å². The predicted octanol–water partition coefficient (Wildman–Crippen LogP) is 4.10. The van der Waals surface area contributed by atoms with Crippen molar-refractivity contribution in [2.75, 3.05) is 5.32 Å². The number of benzene rings is 2. The lowest BCUT2D eigenvalue weighted by molar-refractivity contribution is -0.361. The molecular formula is C21H17FN3O+. The number of pyridine rings is 2. The SMILES string of the molecule is Oc1c([C@@H](Nc2cccc[nH+]2)c2cccc(F)c2)ccc2cccnc12. The lowest BCUT2D eigenvalue weighted by Crippen LogP contribution is -2.19. The van der Waals surface area contributed by atoms with Gasteiger partial charge in [0.2, 0.25) is 0 Å². The highest BCUT2D eigenvalue weighted by atomic mass is 19.1. The zero-order valence-electron chi connectivity index (χ0n) is 13.9. The Morgan fingerprint density at radius 3 is 2.73 bits per heavy atom. The number of aromatic nitrogens is 2. The Kier molecular flexibility index (Phi) is 4.19. The molecule has 0 aliphatic heterocycles. The summed E-state index contributed by atoms with van der Waals surface area (Å²) in [5.41, 5.74) is 1.84. The van der Waals surface area contributed by atoms with Crippen LogP contribution in [0.3, 0.4) is 0 Å². The summed E-state index contributed by atoms with van der Waals surface area (Å²) in [5, 5.41) is 15.0. The Hall–Kier alpha value is -3.47. The highest BCUT2D eigenvalue weighted by Crippen LogP contribution is 2.36. The van der Waals surface area contributed by atoms with Crippen LogP contribution in [-0.4, -0.2) is 10.1 Å². The van der Waals surface area contributed by atoms with E-state index in [1.54, 1.807) is 18.5 Å². The highest BCUT2D eigenvalue weighted by Gasteiger charge is 2.24. The molecule has 0 saturated heterocycles. The second kappa shape index (κ2) is 6.80. The van der Waals surface area contributed by atoms with Crippen molar-refractivity contribution in [2.45, 2.75) is 6.04 Å². The van der Waals surface area contributed by atoms with Gasteiger partial charge in [0.15, 0.2) is 0 Å². The normalized spacial score (nSPS) is 12.0. The average molecular weight is 346 g/mol. The first-order valence-corrected chi connectivity index (χ1v) is 8.28. The molecule has 0 unspecified atom stereocenters. The van der Waals surface area contributed by atoms with Gasteiger partial charge in [-0.3, -0.25) is 10.3 Å². The van der Waals surface area contributed by atoms with Crippen LogP contribution in [0.15, 0.2) is 79.1 Å². The molecule has 0 spiro atoms. The number of hydrogen-bond acceptors (Lipinski definition) is 3. The summed E-state index contributed by atoms with van der Waals surface area (Å²) in [4.78, 5) is 7.39. The van der Waals surface area contributed by atoms with E-state index < -0.39 is 6.04 Å². The number of phenolic OH excluding ortho intramolecular Hbond substituents is 1. The van der Waals surface area contributed by atoms with Crippen LogP contribution in [0.5, 0.6) is 5.75 Å². The molecular weight excluding hydrogens is 329 g/mol. The average Bonchev–Trinajstić information content (AvgIpc) is 2.68. The Morgan fingerprint density at radius 1 is 1.00 bits per heavy atom. The molecule has 3 N–H and O–H groups in total. The van der Waals surface area contributed by atoms with E-state index in [4.69, 9.17) is 0 Å². The van der Waals surface area contributed by atoms with Gasteiger partial charge in [0.1, 0.15) is 23.1 Å². The Morgan fingerprint density at radius 2 is 1.92 bits per heavy atom. The van der Waals surface area contributed by atoms with Gasteiger partial charge in [0.05, 0.1) is 6.20 Å². The van der Waals surface area contributed by atoms with Crippen molar-refractivity contribution in [3.8, 4) is 5.75 Å². The number of halogens is 1. The third-order valence-electron chi connectivity index (χ3n) is 4.28. The molecule has 0 aliphatic carbocycles. The van der Waals surface area contributed by atoms with E-state index in [2.05, 4.69) is 15.3 Å². The predicted molar refractivity (Wildman–Crippen MR) is 98.3 cm³/mol. The molecule has 4 aromatic rings. The van der Waals surface area contributed by atoms with Crippen LogP contribution in [0.4, 0.5) is 10.2 Å².